The molecule has 0 fully saturated rings. The summed E-state index contributed by atoms with van der Waals surface area (Å²) in [6.45, 7) is 2.38. The molecule has 1 amide bonds. The number of nitro groups is 1. The van der Waals surface area contributed by atoms with E-state index in [-0.39, 0.29) is 18.0 Å². The third kappa shape index (κ3) is 4.59. The lowest BCUT2D eigenvalue weighted by molar-refractivity contribution is -0.384. The van der Waals surface area contributed by atoms with E-state index in [2.05, 4.69) is 11.9 Å². The zero-order valence-electron chi connectivity index (χ0n) is 16.9. The van der Waals surface area contributed by atoms with Gasteiger partial charge < -0.3 is 0 Å². The van der Waals surface area contributed by atoms with Crippen LogP contribution in [-0.2, 0) is 24.2 Å². The number of nitrogens with zero attached hydrogens (tertiary/aromatic N) is 4. The topological polar surface area (TPSA) is 89.2 Å². The number of aromatic nitrogens is 2. The number of thiazole rings is 1. The maximum absolute atomic E-state index is 13.3. The van der Waals surface area contributed by atoms with E-state index in [1.807, 2.05) is 36.4 Å². The van der Waals surface area contributed by atoms with E-state index in [0.29, 0.717) is 17.2 Å². The normalized spacial score (nSPS) is 10.9. The molecule has 4 aromatic rings. The third-order valence-electron chi connectivity index (χ3n) is 4.95. The Labute approximate surface area is 183 Å². The van der Waals surface area contributed by atoms with Crippen molar-refractivity contribution in [1.29, 1.82) is 0 Å². The Balaban J connectivity index is 1.67. The van der Waals surface area contributed by atoms with Gasteiger partial charge in [-0.15, -0.1) is 0 Å². The Morgan fingerprint density at radius 2 is 1.90 bits per heavy atom. The summed E-state index contributed by atoms with van der Waals surface area (Å²) in [5.74, 6) is -0.142. The van der Waals surface area contributed by atoms with Crippen LogP contribution in [0.15, 0.2) is 66.9 Å². The van der Waals surface area contributed by atoms with E-state index in [1.54, 1.807) is 23.2 Å². The molecule has 0 aliphatic heterocycles. The molecule has 0 bridgehead atoms. The van der Waals surface area contributed by atoms with E-state index < -0.39 is 4.92 Å². The molecule has 0 N–H and O–H groups in total. The number of benzene rings is 2. The fourth-order valence-electron chi connectivity index (χ4n) is 3.32. The largest absolute Gasteiger partial charge is 0.282 e. The van der Waals surface area contributed by atoms with Gasteiger partial charge in [0.15, 0.2) is 5.13 Å². The third-order valence-corrected chi connectivity index (χ3v) is 6.00. The Hall–Kier alpha value is -3.65. The van der Waals surface area contributed by atoms with Gasteiger partial charge in [0.25, 0.3) is 5.69 Å². The fraction of sp³-hybridized carbons (Fsp3) is 0.174. The molecule has 0 spiro atoms. The number of hydrogen-bond acceptors (Lipinski definition) is 6. The van der Waals surface area contributed by atoms with Crippen LogP contribution in [0.3, 0.4) is 0 Å². The molecule has 7 nitrogen and oxygen atoms in total. The number of para-hydroxylation sites is 1. The summed E-state index contributed by atoms with van der Waals surface area (Å²) in [7, 11) is 0. The van der Waals surface area contributed by atoms with Crippen molar-refractivity contribution in [3.05, 3.63) is 93.8 Å². The average molecular weight is 433 g/mol. The van der Waals surface area contributed by atoms with Crippen LogP contribution in [0.4, 0.5) is 10.8 Å². The van der Waals surface area contributed by atoms with Gasteiger partial charge in [0.05, 0.1) is 33.8 Å². The lowest BCUT2D eigenvalue weighted by Crippen LogP contribution is -2.32. The summed E-state index contributed by atoms with van der Waals surface area (Å²) in [6.07, 6.45) is 2.67. The SMILES string of the molecule is CCc1cccc2sc(N(Cc3ccccn3)C(=O)Cc3ccc([N+](=O)[O-])cc3)nc12. The fourth-order valence-corrected chi connectivity index (χ4v) is 4.35. The average Bonchev–Trinajstić information content (AvgIpc) is 3.22. The molecule has 156 valence electrons. The van der Waals surface area contributed by atoms with Crippen LogP contribution in [0.25, 0.3) is 10.2 Å². The smallest absolute Gasteiger partial charge is 0.269 e. The Bertz CT molecular complexity index is 1220. The molecule has 0 aliphatic rings. The molecule has 0 saturated heterocycles. The summed E-state index contributed by atoms with van der Waals surface area (Å²) in [6, 6.07) is 17.7. The Morgan fingerprint density at radius 3 is 2.58 bits per heavy atom. The van der Waals surface area contributed by atoms with Crippen molar-refractivity contribution in [3.63, 3.8) is 0 Å². The zero-order valence-corrected chi connectivity index (χ0v) is 17.7. The predicted octanol–water partition coefficient (Wildman–Crippen LogP) is 4.94. The highest BCUT2D eigenvalue weighted by molar-refractivity contribution is 7.22. The highest BCUT2D eigenvalue weighted by atomic mass is 32.1. The van der Waals surface area contributed by atoms with Crippen LogP contribution in [0, 0.1) is 10.1 Å². The van der Waals surface area contributed by atoms with Crippen molar-refractivity contribution in [2.75, 3.05) is 4.90 Å². The maximum atomic E-state index is 13.3. The number of non-ortho nitro benzene ring substituents is 1. The molecule has 0 unspecified atom stereocenters. The van der Waals surface area contributed by atoms with E-state index in [9.17, 15) is 14.9 Å². The monoisotopic (exact) mass is 432 g/mol. The molecule has 2 aromatic carbocycles. The Kier molecular flexibility index (Phi) is 5.99. The van der Waals surface area contributed by atoms with Crippen molar-refractivity contribution in [2.24, 2.45) is 0 Å². The summed E-state index contributed by atoms with van der Waals surface area (Å²) < 4.78 is 1.03. The second-order valence-electron chi connectivity index (χ2n) is 7.02. The highest BCUT2D eigenvalue weighted by Crippen LogP contribution is 2.32. The standard InChI is InChI=1S/C23H20N4O3S/c1-2-17-6-5-8-20-22(17)25-23(31-20)26(15-18-7-3-4-13-24-18)21(28)14-16-9-11-19(12-10-16)27(29)30/h3-13H,2,14-15H2,1H3. The summed E-state index contributed by atoms with van der Waals surface area (Å²) in [4.78, 5) is 34.5. The minimum absolute atomic E-state index is 0.000177. The molecular weight excluding hydrogens is 412 g/mol. The second kappa shape index (κ2) is 9.01. The minimum Gasteiger partial charge on any atom is -0.282 e. The van der Waals surface area contributed by atoms with Gasteiger partial charge in [-0.2, -0.15) is 0 Å². The number of anilines is 1. The van der Waals surface area contributed by atoms with Crippen LogP contribution >= 0.6 is 11.3 Å². The van der Waals surface area contributed by atoms with Gasteiger partial charge in [-0.05, 0) is 35.7 Å². The number of carbonyl (C=O) groups is 1. The van der Waals surface area contributed by atoms with Crippen molar-refractivity contribution in [3.8, 4) is 0 Å². The molecule has 0 atom stereocenters. The van der Waals surface area contributed by atoms with Crippen LogP contribution in [0.1, 0.15) is 23.7 Å². The van der Waals surface area contributed by atoms with Gasteiger partial charge in [0.1, 0.15) is 0 Å². The highest BCUT2D eigenvalue weighted by Gasteiger charge is 2.22. The van der Waals surface area contributed by atoms with Gasteiger partial charge in [0.2, 0.25) is 5.91 Å². The van der Waals surface area contributed by atoms with Gasteiger partial charge in [-0.25, -0.2) is 4.98 Å². The first-order valence-electron chi connectivity index (χ1n) is 9.87. The summed E-state index contributed by atoms with van der Waals surface area (Å²) >= 11 is 1.48. The number of rotatable bonds is 7. The van der Waals surface area contributed by atoms with Gasteiger partial charge in [0, 0.05) is 18.3 Å². The second-order valence-corrected chi connectivity index (χ2v) is 8.02. The lowest BCUT2D eigenvalue weighted by Gasteiger charge is -2.19. The molecular formula is C23H20N4O3S. The van der Waals surface area contributed by atoms with Crippen LogP contribution in [-0.4, -0.2) is 20.8 Å². The summed E-state index contributed by atoms with van der Waals surface area (Å²) in [5.41, 5.74) is 3.52. The van der Waals surface area contributed by atoms with E-state index in [0.717, 1.165) is 27.9 Å². The van der Waals surface area contributed by atoms with E-state index in [1.165, 1.54) is 23.5 Å². The number of aryl methyl sites for hydroxylation is 1. The lowest BCUT2D eigenvalue weighted by atomic mass is 10.1. The molecule has 2 aromatic heterocycles. The quantitative estimate of drug-likeness (QED) is 0.305. The predicted molar refractivity (Wildman–Crippen MR) is 121 cm³/mol. The first-order chi connectivity index (χ1) is 15.0. The number of hydrogen-bond donors (Lipinski definition) is 0. The molecule has 0 aliphatic carbocycles. The number of fused-ring (bicyclic) bond motifs is 1. The van der Waals surface area contributed by atoms with Crippen molar-refractivity contribution < 1.29 is 9.72 Å². The number of amides is 1. The molecule has 4 rings (SSSR count). The molecule has 31 heavy (non-hydrogen) atoms. The van der Waals surface area contributed by atoms with Crippen LogP contribution in [0.5, 0.6) is 0 Å². The first kappa shape index (κ1) is 20.6. The summed E-state index contributed by atoms with van der Waals surface area (Å²) in [5, 5.41) is 11.5. The zero-order chi connectivity index (χ0) is 21.8. The van der Waals surface area contributed by atoms with Gasteiger partial charge in [-0.3, -0.25) is 24.8 Å². The molecule has 8 heteroatoms. The number of carbonyl (C=O) groups excluding carboxylic acids is 1. The van der Waals surface area contributed by atoms with Crippen molar-refractivity contribution in [2.45, 2.75) is 26.3 Å². The van der Waals surface area contributed by atoms with Crippen LogP contribution in [0.2, 0.25) is 0 Å². The van der Waals surface area contributed by atoms with Crippen molar-refractivity contribution in [1.82, 2.24) is 9.97 Å². The molecule has 2 heterocycles. The minimum atomic E-state index is -0.453. The van der Waals surface area contributed by atoms with E-state index >= 15 is 0 Å². The maximum Gasteiger partial charge on any atom is 0.269 e. The first-order valence-corrected chi connectivity index (χ1v) is 10.7. The van der Waals surface area contributed by atoms with E-state index in [4.69, 9.17) is 4.98 Å². The molecule has 0 radical (unpaired) electrons. The number of pyridine rings is 1. The number of nitro benzene ring substituents is 1. The Morgan fingerprint density at radius 1 is 1.10 bits per heavy atom. The van der Waals surface area contributed by atoms with Crippen LogP contribution < -0.4 is 4.90 Å². The molecule has 0 saturated carbocycles. The van der Waals surface area contributed by atoms with Crippen molar-refractivity contribution >= 4 is 38.3 Å². The van der Waals surface area contributed by atoms with Gasteiger partial charge >= 0.3 is 0 Å². The van der Waals surface area contributed by atoms with Gasteiger partial charge in [-0.1, -0.05) is 48.6 Å².